The maximum Gasteiger partial charge on any atom is 0.226 e. The second-order valence-electron chi connectivity index (χ2n) is 2.29. The number of carbonyl (C=O) groups excluding carboxylic acids is 2. The SMILES string of the molecule is CNCCN(C(C)=O)C(C)=O. The van der Waals surface area contributed by atoms with E-state index in [1.54, 1.807) is 7.05 Å². The largest absolute Gasteiger partial charge is 0.318 e. The summed E-state index contributed by atoms with van der Waals surface area (Å²) in [6.07, 6.45) is 0. The summed E-state index contributed by atoms with van der Waals surface area (Å²) in [6, 6.07) is 0. The first-order valence-electron chi connectivity index (χ1n) is 3.53. The summed E-state index contributed by atoms with van der Waals surface area (Å²) >= 11 is 0. The molecule has 1 N–H and O–H groups in total. The lowest BCUT2D eigenvalue weighted by Gasteiger charge is -2.15. The average molecular weight is 158 g/mol. The number of imide groups is 1. The molecule has 0 aliphatic rings. The minimum Gasteiger partial charge on any atom is -0.318 e. The third kappa shape index (κ3) is 3.72. The number of carbonyl (C=O) groups is 2. The predicted molar refractivity (Wildman–Crippen MR) is 42.0 cm³/mol. The van der Waals surface area contributed by atoms with Gasteiger partial charge in [0.05, 0.1) is 0 Å². The summed E-state index contributed by atoms with van der Waals surface area (Å²) < 4.78 is 0. The van der Waals surface area contributed by atoms with Gasteiger partial charge in [0.1, 0.15) is 0 Å². The molecule has 0 saturated heterocycles. The standard InChI is InChI=1S/C7H14N2O2/c1-6(10)9(7(2)11)5-4-8-3/h8H,4-5H2,1-3H3. The molecule has 0 aliphatic carbocycles. The molecular formula is C7H14N2O2. The Balaban J connectivity index is 3.90. The topological polar surface area (TPSA) is 49.4 Å². The molecule has 0 aromatic heterocycles. The van der Waals surface area contributed by atoms with Crippen LogP contribution in [0.4, 0.5) is 0 Å². The van der Waals surface area contributed by atoms with Crippen LogP contribution < -0.4 is 5.32 Å². The van der Waals surface area contributed by atoms with Crippen LogP contribution in [0, 0.1) is 0 Å². The van der Waals surface area contributed by atoms with Gasteiger partial charge >= 0.3 is 0 Å². The Morgan fingerprint density at radius 1 is 1.27 bits per heavy atom. The first kappa shape index (κ1) is 10.1. The Kier molecular flexibility index (Phi) is 4.45. The molecule has 0 fully saturated rings. The summed E-state index contributed by atoms with van der Waals surface area (Å²) in [7, 11) is 1.78. The minimum absolute atomic E-state index is 0.201. The Morgan fingerprint density at radius 2 is 1.73 bits per heavy atom. The molecule has 0 aliphatic heterocycles. The van der Waals surface area contributed by atoms with Gasteiger partial charge < -0.3 is 5.32 Å². The number of amides is 2. The van der Waals surface area contributed by atoms with Gasteiger partial charge in [0, 0.05) is 26.9 Å². The first-order valence-corrected chi connectivity index (χ1v) is 3.53. The zero-order valence-electron chi connectivity index (χ0n) is 7.18. The number of nitrogens with one attached hydrogen (secondary N) is 1. The number of hydrogen-bond donors (Lipinski definition) is 1. The van der Waals surface area contributed by atoms with Crippen LogP contribution in [0.5, 0.6) is 0 Å². The molecule has 11 heavy (non-hydrogen) atoms. The fourth-order valence-corrected chi connectivity index (χ4v) is 0.760. The van der Waals surface area contributed by atoms with Crippen molar-refractivity contribution in [1.29, 1.82) is 0 Å². The highest BCUT2D eigenvalue weighted by Crippen LogP contribution is 1.88. The third-order valence-corrected chi connectivity index (χ3v) is 1.35. The second kappa shape index (κ2) is 4.85. The van der Waals surface area contributed by atoms with Gasteiger partial charge in [0.2, 0.25) is 11.8 Å². The zero-order chi connectivity index (χ0) is 8.85. The van der Waals surface area contributed by atoms with E-state index in [0.717, 1.165) is 0 Å². The highest BCUT2D eigenvalue weighted by atomic mass is 16.2. The molecule has 0 unspecified atom stereocenters. The number of likely N-dealkylation sites (N-methyl/N-ethyl adjacent to an activating group) is 1. The lowest BCUT2D eigenvalue weighted by molar-refractivity contribution is -0.141. The zero-order valence-corrected chi connectivity index (χ0v) is 7.18. The first-order chi connectivity index (χ1) is 5.09. The van der Waals surface area contributed by atoms with Crippen molar-refractivity contribution >= 4 is 11.8 Å². The van der Waals surface area contributed by atoms with Gasteiger partial charge in [-0.05, 0) is 7.05 Å². The van der Waals surface area contributed by atoms with Gasteiger partial charge in [-0.2, -0.15) is 0 Å². The van der Waals surface area contributed by atoms with Crippen molar-refractivity contribution in [2.45, 2.75) is 13.8 Å². The average Bonchev–Trinajstić information content (AvgIpc) is 1.87. The fourth-order valence-electron chi connectivity index (χ4n) is 0.760. The van der Waals surface area contributed by atoms with Crippen LogP contribution in [-0.4, -0.2) is 36.9 Å². The second-order valence-corrected chi connectivity index (χ2v) is 2.29. The van der Waals surface area contributed by atoms with Gasteiger partial charge in [0.25, 0.3) is 0 Å². The summed E-state index contributed by atoms with van der Waals surface area (Å²) in [5, 5.41) is 2.86. The molecule has 4 heteroatoms. The highest BCUT2D eigenvalue weighted by Gasteiger charge is 2.11. The predicted octanol–water partition coefficient (Wildman–Crippen LogP) is -0.399. The van der Waals surface area contributed by atoms with E-state index in [1.807, 2.05) is 0 Å². The number of hydrogen-bond acceptors (Lipinski definition) is 3. The molecule has 4 nitrogen and oxygen atoms in total. The molecule has 2 amide bonds. The summed E-state index contributed by atoms with van der Waals surface area (Å²) in [6.45, 7) is 3.86. The van der Waals surface area contributed by atoms with Crippen molar-refractivity contribution in [3.63, 3.8) is 0 Å². The molecule has 0 aromatic carbocycles. The van der Waals surface area contributed by atoms with E-state index in [9.17, 15) is 9.59 Å². The Hall–Kier alpha value is -0.900. The lowest BCUT2D eigenvalue weighted by Crippen LogP contribution is -2.37. The van der Waals surface area contributed by atoms with E-state index in [-0.39, 0.29) is 11.8 Å². The monoisotopic (exact) mass is 158 g/mol. The van der Waals surface area contributed by atoms with E-state index < -0.39 is 0 Å². The Morgan fingerprint density at radius 3 is 2.00 bits per heavy atom. The van der Waals surface area contributed by atoms with Crippen LogP contribution in [0.2, 0.25) is 0 Å². The molecule has 0 spiro atoms. The van der Waals surface area contributed by atoms with E-state index in [4.69, 9.17) is 0 Å². The van der Waals surface area contributed by atoms with Gasteiger partial charge in [-0.1, -0.05) is 0 Å². The molecule has 0 saturated carbocycles. The van der Waals surface area contributed by atoms with Gasteiger partial charge in [-0.25, -0.2) is 0 Å². The number of nitrogens with zero attached hydrogens (tertiary/aromatic N) is 1. The van der Waals surface area contributed by atoms with E-state index in [1.165, 1.54) is 18.7 Å². The molecule has 0 radical (unpaired) electrons. The normalized spacial score (nSPS) is 9.36. The van der Waals surface area contributed by atoms with Gasteiger partial charge in [0.15, 0.2) is 0 Å². The van der Waals surface area contributed by atoms with Crippen molar-refractivity contribution in [3.05, 3.63) is 0 Å². The van der Waals surface area contributed by atoms with Crippen molar-refractivity contribution < 1.29 is 9.59 Å². The highest BCUT2D eigenvalue weighted by molar-refractivity contribution is 5.92. The lowest BCUT2D eigenvalue weighted by atomic mass is 10.4. The van der Waals surface area contributed by atoms with Crippen LogP contribution in [0.1, 0.15) is 13.8 Å². The van der Waals surface area contributed by atoms with Crippen molar-refractivity contribution in [1.82, 2.24) is 10.2 Å². The van der Waals surface area contributed by atoms with Gasteiger partial charge in [-0.15, -0.1) is 0 Å². The summed E-state index contributed by atoms with van der Waals surface area (Å²) in [4.78, 5) is 22.7. The van der Waals surface area contributed by atoms with Crippen LogP contribution in [0.15, 0.2) is 0 Å². The van der Waals surface area contributed by atoms with E-state index in [2.05, 4.69) is 5.32 Å². The molecule has 0 bridgehead atoms. The fraction of sp³-hybridized carbons (Fsp3) is 0.714. The van der Waals surface area contributed by atoms with Crippen molar-refractivity contribution in [2.24, 2.45) is 0 Å². The third-order valence-electron chi connectivity index (χ3n) is 1.35. The smallest absolute Gasteiger partial charge is 0.226 e. The number of rotatable bonds is 3. The van der Waals surface area contributed by atoms with Crippen LogP contribution in [0.25, 0.3) is 0 Å². The minimum atomic E-state index is -0.201. The molecule has 0 heterocycles. The summed E-state index contributed by atoms with van der Waals surface area (Å²) in [5.41, 5.74) is 0. The molecule has 0 rings (SSSR count). The van der Waals surface area contributed by atoms with Crippen LogP contribution >= 0.6 is 0 Å². The molecule has 0 atom stereocenters. The Bertz CT molecular complexity index is 143. The maximum atomic E-state index is 10.8. The van der Waals surface area contributed by atoms with E-state index in [0.29, 0.717) is 13.1 Å². The quantitative estimate of drug-likeness (QED) is 0.608. The van der Waals surface area contributed by atoms with E-state index >= 15 is 0 Å². The molecule has 0 aromatic rings. The molecule has 64 valence electrons. The van der Waals surface area contributed by atoms with Crippen molar-refractivity contribution in [2.75, 3.05) is 20.1 Å². The van der Waals surface area contributed by atoms with Crippen molar-refractivity contribution in [3.8, 4) is 0 Å². The summed E-state index contributed by atoms with van der Waals surface area (Å²) in [5.74, 6) is -0.402. The van der Waals surface area contributed by atoms with Crippen LogP contribution in [-0.2, 0) is 9.59 Å². The Labute approximate surface area is 66.6 Å². The van der Waals surface area contributed by atoms with Crippen LogP contribution in [0.3, 0.4) is 0 Å². The maximum absolute atomic E-state index is 10.8. The molecular weight excluding hydrogens is 144 g/mol. The van der Waals surface area contributed by atoms with Gasteiger partial charge in [-0.3, -0.25) is 14.5 Å².